The molecule has 1 aromatic heterocycles. The molecule has 1 saturated heterocycles. The molecule has 10 heteroatoms. The number of aromatic nitrogens is 2. The van der Waals surface area contributed by atoms with E-state index in [1.807, 2.05) is 35.2 Å². The minimum Gasteiger partial charge on any atom is -0.355 e. The maximum Gasteiger partial charge on any atom is 0.285 e. The molecule has 0 aliphatic carbocycles. The number of sulfonamides is 1. The summed E-state index contributed by atoms with van der Waals surface area (Å²) in [5.41, 5.74) is 1.74. The first-order valence-electron chi connectivity index (χ1n) is 10.4. The minimum atomic E-state index is -3.68. The Morgan fingerprint density at radius 1 is 1.09 bits per heavy atom. The third kappa shape index (κ3) is 4.15. The van der Waals surface area contributed by atoms with Gasteiger partial charge >= 0.3 is 0 Å². The van der Waals surface area contributed by atoms with Gasteiger partial charge in [-0.3, -0.25) is 4.79 Å². The first kappa shape index (κ1) is 20.8. The molecule has 3 aromatic rings. The minimum absolute atomic E-state index is 0.133. The molecule has 32 heavy (non-hydrogen) atoms. The molecule has 1 fully saturated rings. The lowest BCUT2D eigenvalue weighted by molar-refractivity contribution is -0.121. The Labute approximate surface area is 190 Å². The van der Waals surface area contributed by atoms with Gasteiger partial charge in [0.2, 0.25) is 11.0 Å². The van der Waals surface area contributed by atoms with Gasteiger partial charge in [0.15, 0.2) is 5.84 Å². The Kier molecular flexibility index (Phi) is 5.48. The van der Waals surface area contributed by atoms with Crippen molar-refractivity contribution in [1.29, 1.82) is 0 Å². The van der Waals surface area contributed by atoms with Crippen LogP contribution in [0.5, 0.6) is 0 Å². The Hall–Kier alpha value is -3.11. The van der Waals surface area contributed by atoms with Crippen LogP contribution in [0.3, 0.4) is 0 Å². The van der Waals surface area contributed by atoms with Crippen LogP contribution in [-0.4, -0.2) is 48.3 Å². The summed E-state index contributed by atoms with van der Waals surface area (Å²) in [5.74, 6) is 0.00871. The molecule has 1 N–H and O–H groups in total. The zero-order valence-electron chi connectivity index (χ0n) is 17.1. The van der Waals surface area contributed by atoms with Gasteiger partial charge in [-0.2, -0.15) is 8.42 Å². The molecule has 1 atom stereocenters. The van der Waals surface area contributed by atoms with Crippen LogP contribution in [-0.2, 0) is 21.2 Å². The number of carbonyl (C=O) groups is 1. The monoisotopic (exact) mass is 467 g/mol. The quantitative estimate of drug-likeness (QED) is 0.633. The Bertz CT molecular complexity index is 1290. The van der Waals surface area contributed by atoms with Crippen molar-refractivity contribution in [1.82, 2.24) is 15.1 Å². The second-order valence-corrected chi connectivity index (χ2v) is 10.5. The van der Waals surface area contributed by atoms with Crippen LogP contribution in [0, 0.1) is 5.92 Å². The van der Waals surface area contributed by atoms with Gasteiger partial charge in [-0.25, -0.2) is 0 Å². The number of nitrogens with one attached hydrogen (secondary N) is 1. The highest BCUT2D eigenvalue weighted by Crippen LogP contribution is 2.30. The lowest BCUT2D eigenvalue weighted by atomic mass is 9.96. The van der Waals surface area contributed by atoms with Crippen molar-refractivity contribution in [3.8, 4) is 0 Å². The number of rotatable bonds is 4. The average molecular weight is 468 g/mol. The van der Waals surface area contributed by atoms with Crippen molar-refractivity contribution in [2.75, 3.05) is 18.4 Å². The van der Waals surface area contributed by atoms with Crippen LogP contribution in [0.15, 0.2) is 63.9 Å². The van der Waals surface area contributed by atoms with E-state index in [1.54, 1.807) is 24.3 Å². The molecular formula is C22H21N5O3S2. The highest BCUT2D eigenvalue weighted by atomic mass is 32.2. The largest absolute Gasteiger partial charge is 0.355 e. The number of amidine groups is 1. The molecule has 5 rings (SSSR count). The normalized spacial score (nSPS) is 19.3. The summed E-state index contributed by atoms with van der Waals surface area (Å²) in [7, 11) is -3.68. The maximum atomic E-state index is 12.9. The van der Waals surface area contributed by atoms with Gasteiger partial charge in [0.25, 0.3) is 10.0 Å². The van der Waals surface area contributed by atoms with Crippen LogP contribution < -0.4 is 5.32 Å². The molecule has 3 heterocycles. The van der Waals surface area contributed by atoms with Gasteiger partial charge in [-0.05, 0) is 30.5 Å². The van der Waals surface area contributed by atoms with Gasteiger partial charge in [-0.1, -0.05) is 53.8 Å². The van der Waals surface area contributed by atoms with Crippen molar-refractivity contribution >= 4 is 38.2 Å². The standard InChI is InChI=1S/C22H21N5O3S2/c28-21(23-22-25-24-19(31-22)13-15-7-2-1-3-8-15)16-9-6-12-27(14-16)20-17-10-4-5-11-18(17)32(29,30)26-20/h1-5,7-8,10-11,16H,6,9,12-14H2,(H,23,25,28). The van der Waals surface area contributed by atoms with Gasteiger partial charge in [0.1, 0.15) is 9.90 Å². The molecular weight excluding hydrogens is 446 g/mol. The average Bonchev–Trinajstić information content (AvgIpc) is 3.36. The fourth-order valence-corrected chi connectivity index (χ4v) is 6.06. The van der Waals surface area contributed by atoms with Crippen molar-refractivity contribution < 1.29 is 13.2 Å². The van der Waals surface area contributed by atoms with E-state index in [0.29, 0.717) is 36.0 Å². The lowest BCUT2D eigenvalue weighted by Gasteiger charge is -2.33. The van der Waals surface area contributed by atoms with E-state index < -0.39 is 10.0 Å². The highest BCUT2D eigenvalue weighted by Gasteiger charge is 2.35. The number of nitrogens with zero attached hydrogens (tertiary/aromatic N) is 4. The number of fused-ring (bicyclic) bond motifs is 1. The number of anilines is 1. The Balaban J connectivity index is 1.26. The van der Waals surface area contributed by atoms with Gasteiger partial charge < -0.3 is 10.2 Å². The number of hydrogen-bond acceptors (Lipinski definition) is 7. The van der Waals surface area contributed by atoms with Crippen LogP contribution in [0.2, 0.25) is 0 Å². The summed E-state index contributed by atoms with van der Waals surface area (Å²) >= 11 is 1.37. The number of likely N-dealkylation sites (tertiary alicyclic amines) is 1. The van der Waals surface area contributed by atoms with E-state index in [-0.39, 0.29) is 16.7 Å². The summed E-state index contributed by atoms with van der Waals surface area (Å²) in [5, 5.41) is 12.5. The van der Waals surface area contributed by atoms with Gasteiger partial charge in [-0.15, -0.1) is 14.6 Å². The highest BCUT2D eigenvalue weighted by molar-refractivity contribution is 7.90. The molecule has 0 saturated carbocycles. The Morgan fingerprint density at radius 2 is 1.88 bits per heavy atom. The Morgan fingerprint density at radius 3 is 2.72 bits per heavy atom. The molecule has 2 aliphatic heterocycles. The summed E-state index contributed by atoms with van der Waals surface area (Å²) in [4.78, 5) is 15.0. The van der Waals surface area contributed by atoms with Crippen LogP contribution in [0.25, 0.3) is 0 Å². The molecule has 1 amide bonds. The van der Waals surface area contributed by atoms with Gasteiger partial charge in [0, 0.05) is 25.1 Å². The molecule has 2 aliphatic rings. The van der Waals surface area contributed by atoms with Crippen molar-refractivity contribution in [3.05, 3.63) is 70.7 Å². The first-order valence-corrected chi connectivity index (χ1v) is 12.6. The fourth-order valence-electron chi connectivity index (χ4n) is 4.05. The summed E-state index contributed by atoms with van der Waals surface area (Å²) < 4.78 is 28.8. The zero-order valence-corrected chi connectivity index (χ0v) is 18.8. The fraction of sp³-hybridized carbons (Fsp3) is 0.273. The van der Waals surface area contributed by atoms with E-state index in [2.05, 4.69) is 19.9 Å². The number of benzene rings is 2. The molecule has 2 aromatic carbocycles. The van der Waals surface area contributed by atoms with E-state index in [0.717, 1.165) is 23.4 Å². The van der Waals surface area contributed by atoms with Crippen LogP contribution in [0.1, 0.15) is 29.0 Å². The maximum absolute atomic E-state index is 12.9. The third-order valence-corrected chi connectivity index (χ3v) is 7.76. The number of hydrogen-bond donors (Lipinski definition) is 1. The molecule has 0 bridgehead atoms. The van der Waals surface area contributed by atoms with E-state index in [9.17, 15) is 13.2 Å². The summed E-state index contributed by atoms with van der Waals surface area (Å²) in [6, 6.07) is 16.8. The molecule has 0 spiro atoms. The SMILES string of the molecule is O=C(Nc1nnc(Cc2ccccc2)s1)C1CCCN(C2=NS(=O)(=O)c3ccccc32)C1. The molecule has 164 valence electrons. The molecule has 1 unspecified atom stereocenters. The first-order chi connectivity index (χ1) is 15.5. The summed E-state index contributed by atoms with van der Waals surface area (Å²) in [6.07, 6.45) is 2.16. The molecule has 0 radical (unpaired) electrons. The molecule has 8 nitrogen and oxygen atoms in total. The van der Waals surface area contributed by atoms with Crippen LogP contribution >= 0.6 is 11.3 Å². The summed E-state index contributed by atoms with van der Waals surface area (Å²) in [6.45, 7) is 1.07. The lowest BCUT2D eigenvalue weighted by Crippen LogP contribution is -2.43. The number of piperidine rings is 1. The number of amides is 1. The second kappa shape index (κ2) is 8.44. The third-order valence-electron chi connectivity index (χ3n) is 5.60. The van der Waals surface area contributed by atoms with Crippen molar-refractivity contribution in [2.24, 2.45) is 10.3 Å². The van der Waals surface area contributed by atoms with E-state index in [4.69, 9.17) is 0 Å². The van der Waals surface area contributed by atoms with Crippen LogP contribution in [0.4, 0.5) is 5.13 Å². The second-order valence-electron chi connectivity index (χ2n) is 7.82. The van der Waals surface area contributed by atoms with Gasteiger partial charge in [0.05, 0.1) is 5.92 Å². The predicted octanol–water partition coefficient (Wildman–Crippen LogP) is 2.93. The van der Waals surface area contributed by atoms with Crippen molar-refractivity contribution in [2.45, 2.75) is 24.2 Å². The zero-order chi connectivity index (χ0) is 22.1. The smallest absolute Gasteiger partial charge is 0.285 e. The predicted molar refractivity (Wildman–Crippen MR) is 122 cm³/mol. The topological polar surface area (TPSA) is 105 Å². The van der Waals surface area contributed by atoms with E-state index >= 15 is 0 Å². The number of carbonyl (C=O) groups excluding carboxylic acids is 1. The van der Waals surface area contributed by atoms with Crippen molar-refractivity contribution in [3.63, 3.8) is 0 Å². The van der Waals surface area contributed by atoms with E-state index in [1.165, 1.54) is 11.3 Å².